The van der Waals surface area contributed by atoms with E-state index in [9.17, 15) is 22.8 Å². The van der Waals surface area contributed by atoms with Crippen molar-refractivity contribution < 1.29 is 22.8 Å². The summed E-state index contributed by atoms with van der Waals surface area (Å²) in [5.74, 6) is -1.38. The third kappa shape index (κ3) is 8.26. The number of hydrogen-bond acceptors (Lipinski definition) is 3. The Balaban J connectivity index is 4.04. The number of amides is 2. The topological polar surface area (TPSA) is 75.4 Å². The van der Waals surface area contributed by atoms with Crippen LogP contribution in [0.15, 0.2) is 12.2 Å². The van der Waals surface area contributed by atoms with E-state index in [2.05, 4.69) is 0 Å². The minimum Gasteiger partial charge on any atom is -0.345 e. The molecule has 0 heterocycles. The van der Waals surface area contributed by atoms with Gasteiger partial charge in [-0.3, -0.25) is 9.59 Å². The van der Waals surface area contributed by atoms with Crippen LogP contribution in [-0.2, 0) is 9.59 Å². The van der Waals surface area contributed by atoms with Crippen LogP contribution in [0, 0.1) is 0 Å². The van der Waals surface area contributed by atoms with E-state index < -0.39 is 31.1 Å². The maximum Gasteiger partial charge on any atom is 0.405 e. The predicted octanol–water partition coefficient (Wildman–Crippen LogP) is -0.362. The Morgan fingerprint density at radius 2 is 2.00 bits per heavy atom. The molecule has 0 spiro atoms. The van der Waals surface area contributed by atoms with Crippen molar-refractivity contribution in [3.8, 4) is 0 Å². The molecule has 2 amide bonds. The van der Waals surface area contributed by atoms with Gasteiger partial charge in [-0.2, -0.15) is 13.2 Å². The fraction of sp³-hybridized carbons (Fsp3) is 0.556. The second-order valence-electron chi connectivity index (χ2n) is 3.22. The van der Waals surface area contributed by atoms with Gasteiger partial charge in [0.05, 0.1) is 6.54 Å². The number of nitrogens with one attached hydrogen (secondary N) is 1. The fourth-order valence-corrected chi connectivity index (χ4v) is 0.844. The number of alkyl halides is 3. The summed E-state index contributed by atoms with van der Waals surface area (Å²) in [6, 6.07) is 0. The lowest BCUT2D eigenvalue weighted by Gasteiger charge is -2.15. The van der Waals surface area contributed by atoms with Gasteiger partial charge < -0.3 is 16.0 Å². The molecule has 0 aliphatic heterocycles. The number of nitrogens with zero attached hydrogens (tertiary/aromatic N) is 1. The van der Waals surface area contributed by atoms with Crippen molar-refractivity contribution in [2.75, 3.05) is 26.7 Å². The first-order chi connectivity index (χ1) is 7.76. The molecular weight excluding hydrogens is 239 g/mol. The van der Waals surface area contributed by atoms with E-state index >= 15 is 0 Å². The van der Waals surface area contributed by atoms with Crippen LogP contribution in [0.3, 0.4) is 0 Å². The van der Waals surface area contributed by atoms with Crippen molar-refractivity contribution in [2.45, 2.75) is 6.18 Å². The lowest BCUT2D eigenvalue weighted by atomic mass is 10.4. The van der Waals surface area contributed by atoms with E-state index in [1.807, 2.05) is 0 Å². The van der Waals surface area contributed by atoms with Crippen molar-refractivity contribution in [1.82, 2.24) is 10.2 Å². The zero-order valence-corrected chi connectivity index (χ0v) is 9.25. The highest BCUT2D eigenvalue weighted by Gasteiger charge is 2.27. The number of hydrogen-bond donors (Lipinski definition) is 2. The number of nitrogens with two attached hydrogens (primary N) is 1. The van der Waals surface area contributed by atoms with Gasteiger partial charge in [0.1, 0.15) is 6.54 Å². The molecule has 5 nitrogen and oxygen atoms in total. The molecule has 0 saturated carbocycles. The Morgan fingerprint density at radius 3 is 2.47 bits per heavy atom. The van der Waals surface area contributed by atoms with E-state index in [1.165, 1.54) is 13.1 Å². The highest BCUT2D eigenvalue weighted by Crippen LogP contribution is 2.11. The third-order valence-corrected chi connectivity index (χ3v) is 1.64. The second-order valence-corrected chi connectivity index (χ2v) is 3.22. The molecular formula is C9H14F3N3O2. The zero-order valence-electron chi connectivity index (χ0n) is 9.25. The minimum atomic E-state index is -4.46. The van der Waals surface area contributed by atoms with E-state index in [1.54, 1.807) is 5.32 Å². The smallest absolute Gasteiger partial charge is 0.345 e. The first-order valence-electron chi connectivity index (χ1n) is 4.71. The molecule has 0 unspecified atom stereocenters. The summed E-state index contributed by atoms with van der Waals surface area (Å²) in [5, 5.41) is 1.66. The largest absolute Gasteiger partial charge is 0.405 e. The summed E-state index contributed by atoms with van der Waals surface area (Å²) < 4.78 is 35.3. The van der Waals surface area contributed by atoms with Crippen molar-refractivity contribution in [2.24, 2.45) is 5.73 Å². The molecule has 0 rings (SSSR count). The van der Waals surface area contributed by atoms with Gasteiger partial charge in [-0.1, -0.05) is 6.08 Å². The van der Waals surface area contributed by atoms with Crippen LogP contribution in [-0.4, -0.2) is 49.6 Å². The molecule has 98 valence electrons. The van der Waals surface area contributed by atoms with Crippen LogP contribution in [0.4, 0.5) is 13.2 Å². The molecule has 0 aliphatic carbocycles. The summed E-state index contributed by atoms with van der Waals surface area (Å²) in [5.41, 5.74) is 5.11. The van der Waals surface area contributed by atoms with Crippen LogP contribution in [0.25, 0.3) is 0 Å². The van der Waals surface area contributed by atoms with E-state index in [4.69, 9.17) is 5.73 Å². The molecule has 0 radical (unpaired) electrons. The normalized spacial score (nSPS) is 11.6. The first kappa shape index (κ1) is 15.4. The van der Waals surface area contributed by atoms with Gasteiger partial charge in [0, 0.05) is 19.7 Å². The van der Waals surface area contributed by atoms with E-state index in [0.717, 1.165) is 11.0 Å². The quantitative estimate of drug-likeness (QED) is 0.657. The van der Waals surface area contributed by atoms with Gasteiger partial charge in [0.2, 0.25) is 11.8 Å². The number of carbonyl (C=O) groups is 2. The molecule has 17 heavy (non-hydrogen) atoms. The Labute approximate surface area is 96.4 Å². The SMILES string of the molecule is CN(CC(=O)NCC(F)(F)F)C(=O)/C=C/CN. The summed E-state index contributed by atoms with van der Waals surface area (Å²) >= 11 is 0. The summed E-state index contributed by atoms with van der Waals surface area (Å²) in [7, 11) is 1.30. The molecule has 0 aromatic rings. The maximum atomic E-state index is 11.8. The molecule has 8 heteroatoms. The molecule has 0 saturated heterocycles. The molecule has 0 atom stereocenters. The monoisotopic (exact) mass is 253 g/mol. The number of carbonyl (C=O) groups excluding carboxylic acids is 2. The first-order valence-corrected chi connectivity index (χ1v) is 4.71. The van der Waals surface area contributed by atoms with Gasteiger partial charge >= 0.3 is 6.18 Å². The minimum absolute atomic E-state index is 0.167. The average molecular weight is 253 g/mol. The molecule has 0 aromatic heterocycles. The maximum absolute atomic E-state index is 11.8. The summed E-state index contributed by atoms with van der Waals surface area (Å²) in [6.45, 7) is -1.68. The lowest BCUT2D eigenvalue weighted by Crippen LogP contribution is -2.41. The third-order valence-electron chi connectivity index (χ3n) is 1.64. The van der Waals surface area contributed by atoms with Crippen LogP contribution < -0.4 is 11.1 Å². The predicted molar refractivity (Wildman–Crippen MR) is 54.9 cm³/mol. The van der Waals surface area contributed by atoms with Crippen LogP contribution in [0.1, 0.15) is 0 Å². The van der Waals surface area contributed by atoms with Crippen molar-refractivity contribution in [3.05, 3.63) is 12.2 Å². The van der Waals surface area contributed by atoms with Gasteiger partial charge in [-0.15, -0.1) is 0 Å². The number of rotatable bonds is 5. The Morgan fingerprint density at radius 1 is 1.41 bits per heavy atom. The van der Waals surface area contributed by atoms with E-state index in [-0.39, 0.29) is 6.54 Å². The molecule has 0 aromatic carbocycles. The zero-order chi connectivity index (χ0) is 13.5. The van der Waals surface area contributed by atoms with Crippen molar-refractivity contribution >= 4 is 11.8 Å². The fourth-order valence-electron chi connectivity index (χ4n) is 0.844. The van der Waals surface area contributed by atoms with E-state index in [0.29, 0.717) is 0 Å². The van der Waals surface area contributed by atoms with Crippen LogP contribution in [0.5, 0.6) is 0 Å². The van der Waals surface area contributed by atoms with Crippen LogP contribution in [0.2, 0.25) is 0 Å². The highest BCUT2D eigenvalue weighted by atomic mass is 19.4. The molecule has 0 fully saturated rings. The van der Waals surface area contributed by atoms with Gasteiger partial charge in [-0.25, -0.2) is 0 Å². The summed E-state index contributed by atoms with van der Waals surface area (Å²) in [6.07, 6.45) is -1.93. The highest BCUT2D eigenvalue weighted by molar-refractivity contribution is 5.91. The van der Waals surface area contributed by atoms with Crippen LogP contribution >= 0.6 is 0 Å². The summed E-state index contributed by atoms with van der Waals surface area (Å²) in [4.78, 5) is 23.2. The Hall–Kier alpha value is -1.57. The average Bonchev–Trinajstić information content (AvgIpc) is 2.22. The second kappa shape index (κ2) is 6.89. The lowest BCUT2D eigenvalue weighted by molar-refractivity contribution is -0.140. The van der Waals surface area contributed by atoms with Crippen molar-refractivity contribution in [1.29, 1.82) is 0 Å². The molecule has 0 aliphatic rings. The standard InChI is InChI=1S/C9H14F3N3O2/c1-15(8(17)3-2-4-13)5-7(16)14-6-9(10,11)12/h2-3H,4-6,13H2,1H3,(H,14,16)/b3-2+. The van der Waals surface area contributed by atoms with Gasteiger partial charge in [-0.05, 0) is 0 Å². The van der Waals surface area contributed by atoms with Crippen molar-refractivity contribution in [3.63, 3.8) is 0 Å². The Kier molecular flexibility index (Phi) is 6.26. The number of likely N-dealkylation sites (N-methyl/N-ethyl adjacent to an activating group) is 1. The molecule has 0 bridgehead atoms. The number of halogens is 3. The van der Waals surface area contributed by atoms with Gasteiger partial charge in [0.15, 0.2) is 0 Å². The Bertz CT molecular complexity index is 302. The molecule has 3 N–H and O–H groups in total. The van der Waals surface area contributed by atoms with Gasteiger partial charge in [0.25, 0.3) is 0 Å².